The molecule has 0 aromatic carbocycles. The van der Waals surface area contributed by atoms with Crippen LogP contribution < -0.4 is 0 Å². The smallest absolute Gasteiger partial charge is 0.228 e. The third-order valence-electron chi connectivity index (χ3n) is 2.39. The summed E-state index contributed by atoms with van der Waals surface area (Å²) in [5.41, 5.74) is 0.879. The lowest BCUT2D eigenvalue weighted by molar-refractivity contribution is -0.126. The summed E-state index contributed by atoms with van der Waals surface area (Å²) in [6.45, 7) is 6.85. The fourth-order valence-electron chi connectivity index (χ4n) is 1.52. The van der Waals surface area contributed by atoms with Gasteiger partial charge in [0.1, 0.15) is 0 Å². The molecular formula is C10H17NOS. The summed E-state index contributed by atoms with van der Waals surface area (Å²) >= 11 is 4.29. The van der Waals surface area contributed by atoms with Crippen LogP contribution >= 0.6 is 12.6 Å². The van der Waals surface area contributed by atoms with E-state index in [-0.39, 0.29) is 11.2 Å². The minimum Gasteiger partial charge on any atom is -0.316 e. The van der Waals surface area contributed by atoms with Crippen LogP contribution in [0.3, 0.4) is 0 Å². The van der Waals surface area contributed by atoms with Crippen LogP contribution in [0.4, 0.5) is 0 Å². The molecule has 0 spiro atoms. The molecule has 13 heavy (non-hydrogen) atoms. The average molecular weight is 199 g/mol. The number of carbonyl (C=O) groups excluding carboxylic acids is 1. The molecule has 1 aliphatic rings. The number of thiol groups is 1. The van der Waals surface area contributed by atoms with Gasteiger partial charge in [-0.15, -0.1) is 0 Å². The Bertz CT molecular complexity index is 215. The molecule has 0 N–H and O–H groups in total. The normalized spacial score (nSPS) is 22.9. The first-order chi connectivity index (χ1) is 6.16. The molecule has 1 unspecified atom stereocenters. The molecule has 0 bridgehead atoms. The van der Waals surface area contributed by atoms with Gasteiger partial charge in [-0.3, -0.25) is 4.79 Å². The zero-order chi connectivity index (χ0) is 9.84. The van der Waals surface area contributed by atoms with Crippen molar-refractivity contribution in [3.05, 3.63) is 12.3 Å². The second kappa shape index (κ2) is 4.70. The molecule has 1 atom stereocenters. The Kier molecular flexibility index (Phi) is 3.85. The van der Waals surface area contributed by atoms with Crippen molar-refractivity contribution in [2.24, 2.45) is 0 Å². The van der Waals surface area contributed by atoms with Gasteiger partial charge in [0, 0.05) is 18.7 Å². The van der Waals surface area contributed by atoms with Crippen LogP contribution in [0, 0.1) is 0 Å². The molecule has 1 saturated heterocycles. The maximum atomic E-state index is 11.4. The molecule has 74 valence electrons. The van der Waals surface area contributed by atoms with Crippen LogP contribution in [-0.4, -0.2) is 22.6 Å². The number of nitrogens with zero attached hydrogens (tertiary/aromatic N) is 1. The number of hydrogen-bond acceptors (Lipinski definition) is 2. The van der Waals surface area contributed by atoms with Crippen molar-refractivity contribution in [2.45, 2.75) is 37.9 Å². The summed E-state index contributed by atoms with van der Waals surface area (Å²) in [5.74, 6) is 0.182. The summed E-state index contributed by atoms with van der Waals surface area (Å²) in [6.07, 6.45) is 3.95. The zero-order valence-corrected chi connectivity index (χ0v) is 9.02. The number of hydrogen-bond donors (Lipinski definition) is 1. The van der Waals surface area contributed by atoms with Gasteiger partial charge in [0.2, 0.25) is 5.91 Å². The molecule has 0 aliphatic carbocycles. The molecule has 3 heteroatoms. The van der Waals surface area contributed by atoms with Gasteiger partial charge in [0.05, 0.1) is 5.25 Å². The van der Waals surface area contributed by atoms with Crippen molar-refractivity contribution in [1.82, 2.24) is 4.90 Å². The van der Waals surface area contributed by atoms with Gasteiger partial charge in [-0.1, -0.05) is 26.3 Å². The molecule has 0 aromatic rings. The minimum atomic E-state index is 0.0501. The van der Waals surface area contributed by atoms with Crippen LogP contribution in [0.15, 0.2) is 12.3 Å². The van der Waals surface area contributed by atoms with E-state index in [9.17, 15) is 4.79 Å². The molecule has 1 aliphatic heterocycles. The molecule has 0 radical (unpaired) electrons. The summed E-state index contributed by atoms with van der Waals surface area (Å²) in [7, 11) is 0. The quantitative estimate of drug-likeness (QED) is 0.544. The van der Waals surface area contributed by atoms with Crippen molar-refractivity contribution in [3.63, 3.8) is 0 Å². The van der Waals surface area contributed by atoms with Gasteiger partial charge in [-0.25, -0.2) is 0 Å². The highest BCUT2D eigenvalue weighted by atomic mass is 32.1. The van der Waals surface area contributed by atoms with Gasteiger partial charge in [-0.05, 0) is 6.42 Å². The Morgan fingerprint density at radius 1 is 1.62 bits per heavy atom. The van der Waals surface area contributed by atoms with Gasteiger partial charge >= 0.3 is 0 Å². The van der Waals surface area contributed by atoms with Crippen molar-refractivity contribution in [1.29, 1.82) is 0 Å². The lowest BCUT2D eigenvalue weighted by atomic mass is 10.2. The molecular weight excluding hydrogens is 182 g/mol. The van der Waals surface area contributed by atoms with Crippen LogP contribution in [-0.2, 0) is 4.79 Å². The molecule has 0 aromatic heterocycles. The number of rotatable bonds is 4. The molecule has 1 rings (SSSR count). The molecule has 0 saturated carbocycles. The Morgan fingerprint density at radius 3 is 2.77 bits per heavy atom. The molecule has 1 heterocycles. The fourth-order valence-corrected chi connectivity index (χ4v) is 1.82. The standard InChI is InChI=1S/C10H17NOS/c1-3-4-5-6-11-8(2)9(13)7-10(11)12/h9,13H,2-7H2,1H3. The molecule has 2 nitrogen and oxygen atoms in total. The first kappa shape index (κ1) is 10.6. The Hall–Kier alpha value is -0.440. The van der Waals surface area contributed by atoms with Crippen LogP contribution in [0.2, 0.25) is 0 Å². The number of likely N-dealkylation sites (tertiary alicyclic amines) is 1. The van der Waals surface area contributed by atoms with Crippen molar-refractivity contribution >= 4 is 18.5 Å². The summed E-state index contributed by atoms with van der Waals surface area (Å²) in [6, 6.07) is 0. The van der Waals surface area contributed by atoms with E-state index < -0.39 is 0 Å². The van der Waals surface area contributed by atoms with E-state index in [4.69, 9.17) is 0 Å². The van der Waals surface area contributed by atoms with Gasteiger partial charge in [0.25, 0.3) is 0 Å². The Balaban J connectivity index is 2.40. The van der Waals surface area contributed by atoms with Gasteiger partial charge in [0.15, 0.2) is 0 Å². The highest BCUT2D eigenvalue weighted by molar-refractivity contribution is 7.81. The van der Waals surface area contributed by atoms with Gasteiger partial charge < -0.3 is 4.90 Å². The van der Waals surface area contributed by atoms with Crippen molar-refractivity contribution in [3.8, 4) is 0 Å². The van der Waals surface area contributed by atoms with E-state index in [1.165, 1.54) is 12.8 Å². The van der Waals surface area contributed by atoms with E-state index >= 15 is 0 Å². The average Bonchev–Trinajstić information content (AvgIpc) is 2.32. The second-order valence-corrected chi connectivity index (χ2v) is 4.09. The van der Waals surface area contributed by atoms with Crippen LogP contribution in [0.1, 0.15) is 32.6 Å². The molecule has 1 amide bonds. The number of unbranched alkanes of at least 4 members (excludes halogenated alkanes) is 2. The predicted octanol–water partition coefficient (Wildman–Crippen LogP) is 2.22. The SMILES string of the molecule is C=C1C(S)CC(=O)N1CCCCC. The number of carbonyl (C=O) groups is 1. The monoisotopic (exact) mass is 199 g/mol. The third kappa shape index (κ3) is 2.50. The van der Waals surface area contributed by atoms with Crippen molar-refractivity contribution in [2.75, 3.05) is 6.54 Å². The van der Waals surface area contributed by atoms with E-state index in [1.54, 1.807) is 4.90 Å². The third-order valence-corrected chi connectivity index (χ3v) is 2.87. The van der Waals surface area contributed by atoms with Gasteiger partial charge in [-0.2, -0.15) is 12.6 Å². The van der Waals surface area contributed by atoms with E-state index in [0.717, 1.165) is 18.7 Å². The lowest BCUT2D eigenvalue weighted by Crippen LogP contribution is -2.24. The maximum Gasteiger partial charge on any atom is 0.228 e. The fraction of sp³-hybridized carbons (Fsp3) is 0.700. The Morgan fingerprint density at radius 2 is 2.31 bits per heavy atom. The zero-order valence-electron chi connectivity index (χ0n) is 8.12. The number of amides is 1. The van der Waals surface area contributed by atoms with E-state index in [0.29, 0.717) is 6.42 Å². The first-order valence-electron chi connectivity index (χ1n) is 4.84. The first-order valence-corrected chi connectivity index (χ1v) is 5.35. The minimum absolute atomic E-state index is 0.0501. The topological polar surface area (TPSA) is 20.3 Å². The highest BCUT2D eigenvalue weighted by Gasteiger charge is 2.30. The second-order valence-electron chi connectivity index (χ2n) is 3.46. The largest absolute Gasteiger partial charge is 0.316 e. The predicted molar refractivity (Wildman–Crippen MR) is 57.8 cm³/mol. The van der Waals surface area contributed by atoms with Crippen LogP contribution in [0.5, 0.6) is 0 Å². The van der Waals surface area contributed by atoms with Crippen molar-refractivity contribution < 1.29 is 4.79 Å². The summed E-state index contributed by atoms with van der Waals surface area (Å²) < 4.78 is 0. The van der Waals surface area contributed by atoms with E-state index in [1.807, 2.05) is 0 Å². The summed E-state index contributed by atoms with van der Waals surface area (Å²) in [5, 5.41) is 0.0501. The summed E-state index contributed by atoms with van der Waals surface area (Å²) in [4.78, 5) is 13.2. The highest BCUT2D eigenvalue weighted by Crippen LogP contribution is 2.26. The maximum absolute atomic E-state index is 11.4. The molecule has 1 fully saturated rings. The lowest BCUT2D eigenvalue weighted by Gasteiger charge is -2.17. The Labute approximate surface area is 85.4 Å². The van der Waals surface area contributed by atoms with Crippen LogP contribution in [0.25, 0.3) is 0 Å². The van der Waals surface area contributed by atoms with E-state index in [2.05, 4.69) is 26.1 Å².